The summed E-state index contributed by atoms with van der Waals surface area (Å²) in [5.41, 5.74) is 3.73. The molecule has 0 spiro atoms. The standard InChI is InChI=1S/C17H20O2/c1-13-10-14(2)12-17(11-13)19-9-8-15-4-6-16(18-3)7-5-15/h4-7,10-12H,8-9H2,1-3H3. The summed E-state index contributed by atoms with van der Waals surface area (Å²) in [7, 11) is 1.68. The molecule has 19 heavy (non-hydrogen) atoms. The van der Waals surface area contributed by atoms with Crippen molar-refractivity contribution in [1.29, 1.82) is 0 Å². The molecule has 2 aromatic rings. The van der Waals surface area contributed by atoms with Crippen LogP contribution in [-0.4, -0.2) is 13.7 Å². The number of rotatable bonds is 5. The average molecular weight is 256 g/mol. The largest absolute Gasteiger partial charge is 0.497 e. The molecule has 0 radical (unpaired) electrons. The maximum atomic E-state index is 5.80. The van der Waals surface area contributed by atoms with Gasteiger partial charge in [0, 0.05) is 6.42 Å². The molecule has 2 rings (SSSR count). The number of hydrogen-bond donors (Lipinski definition) is 0. The van der Waals surface area contributed by atoms with Crippen molar-refractivity contribution in [3.05, 3.63) is 59.2 Å². The Balaban J connectivity index is 1.88. The van der Waals surface area contributed by atoms with Crippen LogP contribution in [0.5, 0.6) is 11.5 Å². The quantitative estimate of drug-likeness (QED) is 0.807. The number of ether oxygens (including phenoxy) is 2. The van der Waals surface area contributed by atoms with E-state index in [1.165, 1.54) is 16.7 Å². The average Bonchev–Trinajstić information content (AvgIpc) is 2.38. The van der Waals surface area contributed by atoms with E-state index in [-0.39, 0.29) is 0 Å². The van der Waals surface area contributed by atoms with E-state index in [1.807, 2.05) is 12.1 Å². The Morgan fingerprint density at radius 1 is 0.842 bits per heavy atom. The van der Waals surface area contributed by atoms with Crippen molar-refractivity contribution in [3.8, 4) is 11.5 Å². The third-order valence-corrected chi connectivity index (χ3v) is 3.01. The highest BCUT2D eigenvalue weighted by molar-refractivity contribution is 5.33. The van der Waals surface area contributed by atoms with Crippen LogP contribution in [0.15, 0.2) is 42.5 Å². The lowest BCUT2D eigenvalue weighted by Gasteiger charge is -2.08. The first kappa shape index (κ1) is 13.5. The topological polar surface area (TPSA) is 18.5 Å². The zero-order valence-corrected chi connectivity index (χ0v) is 11.8. The lowest BCUT2D eigenvalue weighted by molar-refractivity contribution is 0.321. The van der Waals surface area contributed by atoms with Crippen LogP contribution in [0, 0.1) is 13.8 Å². The molecule has 0 aliphatic rings. The van der Waals surface area contributed by atoms with Crippen molar-refractivity contribution >= 4 is 0 Å². The highest BCUT2D eigenvalue weighted by atomic mass is 16.5. The van der Waals surface area contributed by atoms with E-state index in [4.69, 9.17) is 9.47 Å². The molecule has 0 atom stereocenters. The first-order chi connectivity index (χ1) is 9.17. The molecule has 0 saturated heterocycles. The lowest BCUT2D eigenvalue weighted by Crippen LogP contribution is -2.01. The van der Waals surface area contributed by atoms with Crippen LogP contribution in [0.2, 0.25) is 0 Å². The molecule has 0 heterocycles. The van der Waals surface area contributed by atoms with Crippen LogP contribution < -0.4 is 9.47 Å². The van der Waals surface area contributed by atoms with Gasteiger partial charge in [0.15, 0.2) is 0 Å². The van der Waals surface area contributed by atoms with Crippen molar-refractivity contribution in [1.82, 2.24) is 0 Å². The third kappa shape index (κ3) is 4.02. The van der Waals surface area contributed by atoms with Crippen molar-refractivity contribution in [2.45, 2.75) is 20.3 Å². The molecule has 0 amide bonds. The summed E-state index contributed by atoms with van der Waals surface area (Å²) >= 11 is 0. The Morgan fingerprint density at radius 3 is 2.05 bits per heavy atom. The van der Waals surface area contributed by atoms with Gasteiger partial charge in [-0.25, -0.2) is 0 Å². The van der Waals surface area contributed by atoms with E-state index in [9.17, 15) is 0 Å². The highest BCUT2D eigenvalue weighted by Crippen LogP contribution is 2.17. The summed E-state index contributed by atoms with van der Waals surface area (Å²) in [4.78, 5) is 0. The smallest absolute Gasteiger partial charge is 0.119 e. The van der Waals surface area contributed by atoms with Crippen LogP contribution >= 0.6 is 0 Å². The second-order valence-electron chi connectivity index (χ2n) is 4.77. The first-order valence-corrected chi connectivity index (χ1v) is 6.51. The molecule has 0 bridgehead atoms. The molecule has 0 aliphatic carbocycles. The Hall–Kier alpha value is -1.96. The molecule has 0 aromatic heterocycles. The fourth-order valence-electron chi connectivity index (χ4n) is 2.10. The first-order valence-electron chi connectivity index (χ1n) is 6.51. The predicted octanol–water partition coefficient (Wildman–Crippen LogP) is 3.93. The van der Waals surface area contributed by atoms with E-state index in [2.05, 4.69) is 44.2 Å². The summed E-state index contributed by atoms with van der Waals surface area (Å²) in [5.74, 6) is 1.84. The predicted molar refractivity (Wildman–Crippen MR) is 78.1 cm³/mol. The molecule has 2 nitrogen and oxygen atoms in total. The zero-order valence-electron chi connectivity index (χ0n) is 11.8. The second-order valence-corrected chi connectivity index (χ2v) is 4.77. The molecule has 0 N–H and O–H groups in total. The fraction of sp³-hybridized carbons (Fsp3) is 0.294. The van der Waals surface area contributed by atoms with Crippen molar-refractivity contribution < 1.29 is 9.47 Å². The third-order valence-electron chi connectivity index (χ3n) is 3.01. The minimum Gasteiger partial charge on any atom is -0.497 e. The minimum absolute atomic E-state index is 0.690. The maximum absolute atomic E-state index is 5.80. The monoisotopic (exact) mass is 256 g/mol. The van der Waals surface area contributed by atoms with Gasteiger partial charge in [-0.1, -0.05) is 18.2 Å². The van der Waals surface area contributed by atoms with Crippen LogP contribution in [-0.2, 0) is 6.42 Å². The van der Waals surface area contributed by atoms with Gasteiger partial charge in [-0.2, -0.15) is 0 Å². The van der Waals surface area contributed by atoms with Crippen molar-refractivity contribution in [3.63, 3.8) is 0 Å². The van der Waals surface area contributed by atoms with Crippen molar-refractivity contribution in [2.24, 2.45) is 0 Å². The molecular formula is C17H20O2. The molecular weight excluding hydrogens is 236 g/mol. The number of hydrogen-bond acceptors (Lipinski definition) is 2. The number of methoxy groups -OCH3 is 1. The Kier molecular flexibility index (Phi) is 4.45. The maximum Gasteiger partial charge on any atom is 0.119 e. The Morgan fingerprint density at radius 2 is 1.47 bits per heavy atom. The van der Waals surface area contributed by atoms with E-state index in [0.29, 0.717) is 6.61 Å². The van der Waals surface area contributed by atoms with Gasteiger partial charge in [-0.15, -0.1) is 0 Å². The lowest BCUT2D eigenvalue weighted by atomic mass is 10.1. The summed E-state index contributed by atoms with van der Waals surface area (Å²) in [5, 5.41) is 0. The Labute approximate surface area is 115 Å². The summed E-state index contributed by atoms with van der Waals surface area (Å²) < 4.78 is 10.9. The van der Waals surface area contributed by atoms with Crippen LogP contribution in [0.4, 0.5) is 0 Å². The zero-order chi connectivity index (χ0) is 13.7. The SMILES string of the molecule is COc1ccc(CCOc2cc(C)cc(C)c2)cc1. The minimum atomic E-state index is 0.690. The summed E-state index contributed by atoms with van der Waals surface area (Å²) in [6.07, 6.45) is 0.900. The van der Waals surface area contributed by atoms with Crippen LogP contribution in [0.25, 0.3) is 0 Å². The molecule has 0 unspecified atom stereocenters. The van der Waals surface area contributed by atoms with Gasteiger partial charge in [0.2, 0.25) is 0 Å². The van der Waals surface area contributed by atoms with Gasteiger partial charge in [0.05, 0.1) is 13.7 Å². The fourth-order valence-corrected chi connectivity index (χ4v) is 2.10. The van der Waals surface area contributed by atoms with Crippen LogP contribution in [0.3, 0.4) is 0 Å². The van der Waals surface area contributed by atoms with Gasteiger partial charge in [0.25, 0.3) is 0 Å². The molecule has 0 fully saturated rings. The van der Waals surface area contributed by atoms with Gasteiger partial charge >= 0.3 is 0 Å². The van der Waals surface area contributed by atoms with E-state index in [0.717, 1.165) is 17.9 Å². The number of aryl methyl sites for hydroxylation is 2. The number of benzene rings is 2. The molecule has 2 aromatic carbocycles. The van der Waals surface area contributed by atoms with E-state index in [1.54, 1.807) is 7.11 Å². The van der Waals surface area contributed by atoms with Gasteiger partial charge in [-0.3, -0.25) is 0 Å². The van der Waals surface area contributed by atoms with Gasteiger partial charge < -0.3 is 9.47 Å². The highest BCUT2D eigenvalue weighted by Gasteiger charge is 1.98. The van der Waals surface area contributed by atoms with Gasteiger partial charge in [-0.05, 0) is 54.8 Å². The molecule has 0 saturated carbocycles. The van der Waals surface area contributed by atoms with Crippen LogP contribution in [0.1, 0.15) is 16.7 Å². The Bertz CT molecular complexity index is 509. The van der Waals surface area contributed by atoms with Crippen molar-refractivity contribution in [2.75, 3.05) is 13.7 Å². The summed E-state index contributed by atoms with van der Waals surface area (Å²) in [6, 6.07) is 14.4. The van der Waals surface area contributed by atoms with E-state index < -0.39 is 0 Å². The van der Waals surface area contributed by atoms with Gasteiger partial charge in [0.1, 0.15) is 11.5 Å². The summed E-state index contributed by atoms with van der Waals surface area (Å²) in [6.45, 7) is 4.86. The normalized spacial score (nSPS) is 10.3. The molecule has 0 aliphatic heterocycles. The van der Waals surface area contributed by atoms with E-state index >= 15 is 0 Å². The molecule has 2 heteroatoms. The second kappa shape index (κ2) is 6.28. The molecule has 100 valence electrons.